The Kier molecular flexibility index (Phi) is 9.38. The molecule has 168 valence electrons. The third kappa shape index (κ3) is 7.24. The molecule has 5 nitrogen and oxygen atoms in total. The summed E-state index contributed by atoms with van der Waals surface area (Å²) in [5, 5.41) is 4.06. The number of hydrogen-bond acceptors (Lipinski definition) is 5. The van der Waals surface area contributed by atoms with Gasteiger partial charge < -0.3 is 10.2 Å². The van der Waals surface area contributed by atoms with Crippen molar-refractivity contribution >= 4 is 35.1 Å². The van der Waals surface area contributed by atoms with Gasteiger partial charge in [0.1, 0.15) is 11.0 Å². The zero-order valence-corrected chi connectivity index (χ0v) is 20.1. The Morgan fingerprint density at radius 1 is 0.969 bits per heavy atom. The summed E-state index contributed by atoms with van der Waals surface area (Å²) in [4.78, 5) is 23.9. The summed E-state index contributed by atoms with van der Waals surface area (Å²) in [5.41, 5.74) is 2.75. The lowest BCUT2D eigenvalue weighted by Crippen LogP contribution is -2.26. The van der Waals surface area contributed by atoms with Crippen LogP contribution >= 0.6 is 23.4 Å². The number of halogens is 1. The summed E-state index contributed by atoms with van der Waals surface area (Å²) >= 11 is 7.81. The van der Waals surface area contributed by atoms with Crippen LogP contribution in [0.3, 0.4) is 0 Å². The van der Waals surface area contributed by atoms with Crippen LogP contribution in [-0.4, -0.2) is 29.0 Å². The van der Waals surface area contributed by atoms with Crippen molar-refractivity contribution in [2.75, 3.05) is 18.0 Å². The fourth-order valence-electron chi connectivity index (χ4n) is 3.32. The Morgan fingerprint density at radius 3 is 2.41 bits per heavy atom. The van der Waals surface area contributed by atoms with Crippen molar-refractivity contribution in [2.24, 2.45) is 0 Å². The van der Waals surface area contributed by atoms with Gasteiger partial charge in [0.25, 0.3) is 5.91 Å². The van der Waals surface area contributed by atoms with Gasteiger partial charge in [0.2, 0.25) is 0 Å². The van der Waals surface area contributed by atoms with Crippen molar-refractivity contribution in [1.29, 1.82) is 0 Å². The number of benzene rings is 2. The van der Waals surface area contributed by atoms with Crippen molar-refractivity contribution in [3.63, 3.8) is 0 Å². The first kappa shape index (κ1) is 24.1. The Balaban J connectivity index is 1.64. The summed E-state index contributed by atoms with van der Waals surface area (Å²) < 4.78 is 0. The van der Waals surface area contributed by atoms with Crippen molar-refractivity contribution in [1.82, 2.24) is 15.3 Å². The van der Waals surface area contributed by atoms with Gasteiger partial charge in [-0.2, -0.15) is 0 Å². The zero-order valence-electron chi connectivity index (χ0n) is 18.6. The van der Waals surface area contributed by atoms with Crippen LogP contribution < -0.4 is 10.2 Å². The van der Waals surface area contributed by atoms with Gasteiger partial charge >= 0.3 is 0 Å². The molecule has 1 heterocycles. The number of nitrogens with one attached hydrogen (secondary N) is 1. The van der Waals surface area contributed by atoms with Crippen molar-refractivity contribution in [3.05, 3.63) is 82.5 Å². The van der Waals surface area contributed by atoms with Gasteiger partial charge in [0.15, 0.2) is 5.16 Å². The number of rotatable bonds is 11. The van der Waals surface area contributed by atoms with Crippen LogP contribution in [0.5, 0.6) is 0 Å². The maximum atomic E-state index is 12.6. The second kappa shape index (κ2) is 12.5. The molecule has 3 aromatic rings. The van der Waals surface area contributed by atoms with Crippen LogP contribution in [0, 0.1) is 0 Å². The summed E-state index contributed by atoms with van der Waals surface area (Å²) in [5.74, 6) is 1.43. The van der Waals surface area contributed by atoms with Gasteiger partial charge in [-0.05, 0) is 36.1 Å². The Hall–Kier alpha value is -2.57. The molecule has 0 fully saturated rings. The van der Waals surface area contributed by atoms with E-state index in [1.165, 1.54) is 11.8 Å². The van der Waals surface area contributed by atoms with E-state index in [1.807, 2.05) is 60.7 Å². The number of nitrogens with zero attached hydrogens (tertiary/aromatic N) is 3. The van der Waals surface area contributed by atoms with Gasteiger partial charge in [-0.1, -0.05) is 79.7 Å². The normalized spacial score (nSPS) is 10.7. The monoisotopic (exact) mass is 468 g/mol. The molecule has 0 radical (unpaired) electrons. The lowest BCUT2D eigenvalue weighted by atomic mass is 10.1. The number of amides is 1. The predicted molar refractivity (Wildman–Crippen MR) is 133 cm³/mol. The van der Waals surface area contributed by atoms with Crippen LogP contribution in [0.25, 0.3) is 0 Å². The highest BCUT2D eigenvalue weighted by Gasteiger charge is 2.12. The molecule has 0 saturated heterocycles. The molecule has 7 heteroatoms. The second-order valence-electron chi connectivity index (χ2n) is 7.48. The fourth-order valence-corrected chi connectivity index (χ4v) is 4.35. The Labute approximate surface area is 199 Å². The molecule has 0 unspecified atom stereocenters. The molecule has 0 saturated carbocycles. The molecular weight excluding hydrogens is 440 g/mol. The smallest absolute Gasteiger partial charge is 0.251 e. The molecule has 0 bridgehead atoms. The van der Waals surface area contributed by atoms with E-state index < -0.39 is 0 Å². The molecule has 1 aromatic heterocycles. The molecule has 0 spiro atoms. The quantitative estimate of drug-likeness (QED) is 0.213. The van der Waals surface area contributed by atoms with E-state index in [0.717, 1.165) is 42.9 Å². The molecule has 2 aromatic carbocycles. The SMILES string of the molecule is CCCN(CCC)c1cc(Cl)nc(SCc2cccc(C(=O)NCc3ccccc3)c2)n1. The largest absolute Gasteiger partial charge is 0.356 e. The van der Waals surface area contributed by atoms with Gasteiger partial charge in [-0.15, -0.1) is 0 Å². The first-order valence-electron chi connectivity index (χ1n) is 10.9. The highest BCUT2D eigenvalue weighted by atomic mass is 35.5. The van der Waals surface area contributed by atoms with Crippen molar-refractivity contribution < 1.29 is 4.79 Å². The topological polar surface area (TPSA) is 58.1 Å². The highest BCUT2D eigenvalue weighted by molar-refractivity contribution is 7.98. The lowest BCUT2D eigenvalue weighted by molar-refractivity contribution is 0.0951. The summed E-state index contributed by atoms with van der Waals surface area (Å²) in [7, 11) is 0. The van der Waals surface area contributed by atoms with Gasteiger partial charge in [-0.3, -0.25) is 4.79 Å². The molecule has 0 atom stereocenters. The first-order valence-corrected chi connectivity index (χ1v) is 12.3. The summed E-state index contributed by atoms with van der Waals surface area (Å²) in [6.07, 6.45) is 2.09. The maximum absolute atomic E-state index is 12.6. The molecule has 1 N–H and O–H groups in total. The number of anilines is 1. The van der Waals surface area contributed by atoms with E-state index in [4.69, 9.17) is 16.6 Å². The Morgan fingerprint density at radius 2 is 1.69 bits per heavy atom. The van der Waals surface area contributed by atoms with Gasteiger partial charge in [0, 0.05) is 37.0 Å². The lowest BCUT2D eigenvalue weighted by Gasteiger charge is -2.22. The zero-order chi connectivity index (χ0) is 22.8. The van der Waals surface area contributed by atoms with Crippen LogP contribution in [0.4, 0.5) is 5.82 Å². The van der Waals surface area contributed by atoms with E-state index >= 15 is 0 Å². The minimum absolute atomic E-state index is 0.0863. The van der Waals surface area contributed by atoms with E-state index in [-0.39, 0.29) is 5.91 Å². The molecule has 0 aliphatic rings. The van der Waals surface area contributed by atoms with E-state index in [9.17, 15) is 4.79 Å². The van der Waals surface area contributed by atoms with E-state index in [0.29, 0.717) is 28.2 Å². The fraction of sp³-hybridized carbons (Fsp3) is 0.320. The molecule has 3 rings (SSSR count). The number of hydrogen-bond donors (Lipinski definition) is 1. The van der Waals surface area contributed by atoms with Gasteiger partial charge in [-0.25, -0.2) is 9.97 Å². The summed E-state index contributed by atoms with van der Waals surface area (Å²) in [6.45, 7) is 6.69. The molecule has 1 amide bonds. The Bertz CT molecular complexity index is 1010. The first-order chi connectivity index (χ1) is 15.6. The average molecular weight is 469 g/mol. The van der Waals surface area contributed by atoms with Crippen molar-refractivity contribution in [3.8, 4) is 0 Å². The van der Waals surface area contributed by atoms with Crippen LogP contribution in [0.15, 0.2) is 65.8 Å². The number of carbonyl (C=O) groups is 1. The van der Waals surface area contributed by atoms with E-state index in [1.54, 1.807) is 0 Å². The van der Waals surface area contributed by atoms with Crippen molar-refractivity contribution in [2.45, 2.75) is 44.1 Å². The molecule has 32 heavy (non-hydrogen) atoms. The number of carbonyl (C=O) groups excluding carboxylic acids is 1. The van der Waals surface area contributed by atoms with Crippen LogP contribution in [-0.2, 0) is 12.3 Å². The highest BCUT2D eigenvalue weighted by Crippen LogP contribution is 2.25. The number of aromatic nitrogens is 2. The van der Waals surface area contributed by atoms with E-state index in [2.05, 4.69) is 29.0 Å². The summed E-state index contributed by atoms with van der Waals surface area (Å²) in [6, 6.07) is 19.4. The van der Waals surface area contributed by atoms with Gasteiger partial charge in [0.05, 0.1) is 0 Å². The standard InChI is InChI=1S/C25H29ClN4OS/c1-3-13-30(14-4-2)23-16-22(26)28-25(29-23)32-18-20-11-8-12-21(15-20)24(31)27-17-19-9-6-5-7-10-19/h5-12,15-16H,3-4,13-14,17-18H2,1-2H3,(H,27,31). The predicted octanol–water partition coefficient (Wildman–Crippen LogP) is 5.98. The molecule has 0 aliphatic heterocycles. The van der Waals surface area contributed by atoms with Crippen LogP contribution in [0.1, 0.15) is 48.2 Å². The molecular formula is C25H29ClN4OS. The third-order valence-corrected chi connectivity index (χ3v) is 5.94. The maximum Gasteiger partial charge on any atom is 0.251 e. The number of thioether (sulfide) groups is 1. The minimum Gasteiger partial charge on any atom is -0.356 e. The van der Waals surface area contributed by atoms with Crippen LogP contribution in [0.2, 0.25) is 5.15 Å². The second-order valence-corrected chi connectivity index (χ2v) is 8.81. The molecule has 0 aliphatic carbocycles. The minimum atomic E-state index is -0.0863. The third-order valence-electron chi connectivity index (χ3n) is 4.82. The average Bonchev–Trinajstić information content (AvgIpc) is 2.81.